The summed E-state index contributed by atoms with van der Waals surface area (Å²) in [5.74, 6) is 0. The molecule has 0 N–H and O–H groups in total. The lowest BCUT2D eigenvalue weighted by Crippen LogP contribution is -2.20. The van der Waals surface area contributed by atoms with Crippen molar-refractivity contribution in [3.05, 3.63) is 0 Å². The SMILES string of the molecule is CCC[C@@H]1CCO[C@@H](C)S1. The summed E-state index contributed by atoms with van der Waals surface area (Å²) in [7, 11) is 0. The molecule has 2 heteroatoms. The third kappa shape index (κ3) is 2.51. The van der Waals surface area contributed by atoms with Gasteiger partial charge in [-0.3, -0.25) is 0 Å². The van der Waals surface area contributed by atoms with Gasteiger partial charge in [-0.25, -0.2) is 0 Å². The lowest BCUT2D eigenvalue weighted by Gasteiger charge is -2.26. The van der Waals surface area contributed by atoms with Crippen molar-refractivity contribution in [2.75, 3.05) is 6.61 Å². The zero-order valence-corrected chi connectivity index (χ0v) is 7.62. The van der Waals surface area contributed by atoms with Crippen LogP contribution >= 0.6 is 11.8 Å². The number of rotatable bonds is 2. The molecule has 0 amide bonds. The molecule has 2 atom stereocenters. The van der Waals surface area contributed by atoms with Crippen LogP contribution in [0.2, 0.25) is 0 Å². The van der Waals surface area contributed by atoms with Gasteiger partial charge in [0.15, 0.2) is 0 Å². The van der Waals surface area contributed by atoms with Crippen molar-refractivity contribution in [3.8, 4) is 0 Å². The highest BCUT2D eigenvalue weighted by molar-refractivity contribution is 8.00. The molecular formula is C8H16OS. The van der Waals surface area contributed by atoms with Gasteiger partial charge >= 0.3 is 0 Å². The van der Waals surface area contributed by atoms with Crippen LogP contribution in [0, 0.1) is 0 Å². The van der Waals surface area contributed by atoms with Gasteiger partial charge in [0.2, 0.25) is 0 Å². The highest BCUT2D eigenvalue weighted by Gasteiger charge is 2.18. The smallest absolute Gasteiger partial charge is 0.100 e. The maximum atomic E-state index is 5.42. The van der Waals surface area contributed by atoms with Crippen LogP contribution in [0.3, 0.4) is 0 Å². The van der Waals surface area contributed by atoms with E-state index in [0.29, 0.717) is 5.44 Å². The van der Waals surface area contributed by atoms with Crippen LogP contribution in [-0.4, -0.2) is 17.3 Å². The Morgan fingerprint density at radius 2 is 2.40 bits per heavy atom. The first-order valence-corrected chi connectivity index (χ1v) is 5.04. The molecular weight excluding hydrogens is 144 g/mol. The van der Waals surface area contributed by atoms with Crippen LogP contribution in [0.1, 0.15) is 33.1 Å². The molecule has 1 saturated heterocycles. The summed E-state index contributed by atoms with van der Waals surface area (Å²) in [5, 5.41) is 0.869. The van der Waals surface area contributed by atoms with E-state index >= 15 is 0 Å². The predicted molar refractivity (Wildman–Crippen MR) is 46.3 cm³/mol. The minimum Gasteiger partial charge on any atom is -0.368 e. The maximum absolute atomic E-state index is 5.42. The fourth-order valence-corrected chi connectivity index (χ4v) is 2.60. The summed E-state index contributed by atoms with van der Waals surface area (Å²) in [4.78, 5) is 0. The van der Waals surface area contributed by atoms with Gasteiger partial charge in [0.05, 0.1) is 0 Å². The summed E-state index contributed by atoms with van der Waals surface area (Å²) in [6.07, 6.45) is 3.92. The maximum Gasteiger partial charge on any atom is 0.100 e. The summed E-state index contributed by atoms with van der Waals surface area (Å²) >= 11 is 1.99. The van der Waals surface area contributed by atoms with Crippen molar-refractivity contribution in [1.82, 2.24) is 0 Å². The van der Waals surface area contributed by atoms with E-state index in [1.54, 1.807) is 0 Å². The Balaban J connectivity index is 2.18. The van der Waals surface area contributed by atoms with E-state index in [9.17, 15) is 0 Å². The van der Waals surface area contributed by atoms with Crippen LogP contribution in [0.15, 0.2) is 0 Å². The number of thioether (sulfide) groups is 1. The Bertz CT molecular complexity index is 93.3. The van der Waals surface area contributed by atoms with Crippen molar-refractivity contribution in [2.24, 2.45) is 0 Å². The molecule has 0 saturated carbocycles. The van der Waals surface area contributed by atoms with E-state index in [-0.39, 0.29) is 0 Å². The fourth-order valence-electron chi connectivity index (χ4n) is 1.28. The molecule has 1 heterocycles. The standard InChI is InChI=1S/C8H16OS/c1-3-4-8-5-6-9-7(2)10-8/h7-8H,3-6H2,1-2H3/t7-,8-/m1/s1. The molecule has 1 aliphatic heterocycles. The summed E-state index contributed by atoms with van der Waals surface area (Å²) < 4.78 is 5.42. The molecule has 0 spiro atoms. The predicted octanol–water partition coefficient (Wildman–Crippen LogP) is 2.65. The fraction of sp³-hybridized carbons (Fsp3) is 1.00. The quantitative estimate of drug-likeness (QED) is 0.614. The molecule has 0 unspecified atom stereocenters. The topological polar surface area (TPSA) is 9.23 Å². The van der Waals surface area contributed by atoms with Gasteiger partial charge in [-0.2, -0.15) is 0 Å². The van der Waals surface area contributed by atoms with Gasteiger partial charge < -0.3 is 4.74 Å². The number of hydrogen-bond donors (Lipinski definition) is 0. The first kappa shape index (κ1) is 8.41. The Morgan fingerprint density at radius 3 is 3.00 bits per heavy atom. The average molecular weight is 160 g/mol. The molecule has 1 nitrogen and oxygen atoms in total. The van der Waals surface area contributed by atoms with Crippen molar-refractivity contribution in [3.63, 3.8) is 0 Å². The Hall–Kier alpha value is 0.310. The summed E-state index contributed by atoms with van der Waals surface area (Å²) in [6, 6.07) is 0. The molecule has 1 aliphatic rings. The lowest BCUT2D eigenvalue weighted by molar-refractivity contribution is 0.110. The monoisotopic (exact) mass is 160 g/mol. The second-order valence-electron chi connectivity index (χ2n) is 2.77. The summed E-state index contributed by atoms with van der Waals surface area (Å²) in [6.45, 7) is 5.37. The van der Waals surface area contributed by atoms with Gasteiger partial charge in [0.1, 0.15) is 5.44 Å². The Kier molecular flexibility index (Phi) is 3.57. The van der Waals surface area contributed by atoms with Crippen molar-refractivity contribution in [2.45, 2.75) is 43.8 Å². The van der Waals surface area contributed by atoms with Crippen LogP contribution < -0.4 is 0 Å². The second-order valence-corrected chi connectivity index (χ2v) is 4.38. The Labute approximate surface area is 67.5 Å². The summed E-state index contributed by atoms with van der Waals surface area (Å²) in [5.41, 5.74) is 0.435. The minimum atomic E-state index is 0.435. The van der Waals surface area contributed by atoms with Gasteiger partial charge in [-0.05, 0) is 19.8 Å². The van der Waals surface area contributed by atoms with E-state index in [1.165, 1.54) is 19.3 Å². The third-order valence-electron chi connectivity index (χ3n) is 1.79. The third-order valence-corrected chi connectivity index (χ3v) is 3.16. The van der Waals surface area contributed by atoms with Crippen LogP contribution in [0.5, 0.6) is 0 Å². The molecule has 10 heavy (non-hydrogen) atoms. The number of ether oxygens (including phenoxy) is 1. The van der Waals surface area contributed by atoms with Crippen LogP contribution in [-0.2, 0) is 4.74 Å². The highest BCUT2D eigenvalue weighted by Crippen LogP contribution is 2.29. The van der Waals surface area contributed by atoms with Gasteiger partial charge in [0.25, 0.3) is 0 Å². The van der Waals surface area contributed by atoms with Crippen LogP contribution in [0.4, 0.5) is 0 Å². The molecule has 0 aromatic rings. The second kappa shape index (κ2) is 4.24. The molecule has 0 aliphatic carbocycles. The molecule has 0 aromatic heterocycles. The van der Waals surface area contributed by atoms with Crippen molar-refractivity contribution >= 4 is 11.8 Å². The first-order chi connectivity index (χ1) is 4.83. The largest absolute Gasteiger partial charge is 0.368 e. The lowest BCUT2D eigenvalue weighted by atomic mass is 10.2. The molecule has 1 rings (SSSR count). The molecule has 0 radical (unpaired) electrons. The van der Waals surface area contributed by atoms with Crippen molar-refractivity contribution < 1.29 is 4.74 Å². The average Bonchev–Trinajstić information content (AvgIpc) is 1.88. The van der Waals surface area contributed by atoms with Gasteiger partial charge in [-0.15, -0.1) is 11.8 Å². The first-order valence-electron chi connectivity index (χ1n) is 4.10. The van der Waals surface area contributed by atoms with E-state index in [2.05, 4.69) is 13.8 Å². The van der Waals surface area contributed by atoms with E-state index in [0.717, 1.165) is 11.9 Å². The molecule has 60 valence electrons. The zero-order chi connectivity index (χ0) is 7.40. The molecule has 0 aromatic carbocycles. The van der Waals surface area contributed by atoms with E-state index in [4.69, 9.17) is 4.74 Å². The van der Waals surface area contributed by atoms with Gasteiger partial charge in [-0.1, -0.05) is 13.3 Å². The normalized spacial score (nSPS) is 34.2. The molecule has 0 bridgehead atoms. The Morgan fingerprint density at radius 1 is 1.60 bits per heavy atom. The van der Waals surface area contributed by atoms with E-state index < -0.39 is 0 Å². The van der Waals surface area contributed by atoms with E-state index in [1.807, 2.05) is 11.8 Å². The van der Waals surface area contributed by atoms with Crippen LogP contribution in [0.25, 0.3) is 0 Å². The van der Waals surface area contributed by atoms with Crippen molar-refractivity contribution in [1.29, 1.82) is 0 Å². The minimum absolute atomic E-state index is 0.435. The number of hydrogen-bond acceptors (Lipinski definition) is 2. The highest BCUT2D eigenvalue weighted by atomic mass is 32.2. The molecule has 1 fully saturated rings. The zero-order valence-electron chi connectivity index (χ0n) is 6.80. The van der Waals surface area contributed by atoms with Gasteiger partial charge in [0, 0.05) is 11.9 Å².